The Kier molecular flexibility index (Phi) is 6.40. The van der Waals surface area contributed by atoms with Crippen LogP contribution in [-0.4, -0.2) is 33.4 Å². The summed E-state index contributed by atoms with van der Waals surface area (Å²) < 4.78 is 1.61. The predicted octanol–water partition coefficient (Wildman–Crippen LogP) is 2.93. The monoisotopic (exact) mass is 438 g/mol. The van der Waals surface area contributed by atoms with Crippen molar-refractivity contribution in [2.24, 2.45) is 5.73 Å². The van der Waals surface area contributed by atoms with Gasteiger partial charge in [0.05, 0.1) is 16.9 Å². The van der Waals surface area contributed by atoms with Gasteiger partial charge in [0, 0.05) is 18.2 Å². The van der Waals surface area contributed by atoms with Crippen molar-refractivity contribution < 1.29 is 14.4 Å². The third-order valence-electron chi connectivity index (χ3n) is 5.20. The maximum atomic E-state index is 13.2. The van der Waals surface area contributed by atoms with E-state index in [0.717, 1.165) is 16.8 Å². The van der Waals surface area contributed by atoms with E-state index in [4.69, 9.17) is 5.73 Å². The van der Waals surface area contributed by atoms with E-state index in [9.17, 15) is 14.4 Å². The Labute approximate surface area is 190 Å². The molecule has 2 amide bonds. The lowest BCUT2D eigenvalue weighted by Gasteiger charge is -2.17. The van der Waals surface area contributed by atoms with E-state index in [-0.39, 0.29) is 6.42 Å². The van der Waals surface area contributed by atoms with Crippen LogP contribution in [0.2, 0.25) is 0 Å². The number of carbonyl (C=O) groups is 3. The smallest absolute Gasteiger partial charge is 0.287 e. The second-order valence-electron chi connectivity index (χ2n) is 7.47. The fraction of sp³-hybridized carbons (Fsp3) is 0.0769. The number of ketones is 1. The molecule has 7 nitrogen and oxygen atoms in total. The molecule has 164 valence electrons. The number of hydrogen-bond acceptors (Lipinski definition) is 4. The van der Waals surface area contributed by atoms with E-state index in [1.165, 1.54) is 0 Å². The van der Waals surface area contributed by atoms with Gasteiger partial charge in [-0.2, -0.15) is 5.10 Å². The Balaban J connectivity index is 1.61. The van der Waals surface area contributed by atoms with Crippen LogP contribution in [0.1, 0.15) is 15.9 Å². The van der Waals surface area contributed by atoms with Crippen molar-refractivity contribution in [3.63, 3.8) is 0 Å². The third kappa shape index (κ3) is 5.04. The Morgan fingerprint density at radius 1 is 0.848 bits per heavy atom. The lowest BCUT2D eigenvalue weighted by Crippen LogP contribution is -2.47. The number of hydrogen-bond donors (Lipinski definition) is 2. The van der Waals surface area contributed by atoms with Gasteiger partial charge in [0.1, 0.15) is 6.04 Å². The predicted molar refractivity (Wildman–Crippen MR) is 125 cm³/mol. The molecule has 1 atom stereocenters. The largest absolute Gasteiger partial charge is 0.363 e. The van der Waals surface area contributed by atoms with E-state index in [2.05, 4.69) is 10.4 Å². The summed E-state index contributed by atoms with van der Waals surface area (Å²) in [7, 11) is 0. The van der Waals surface area contributed by atoms with Gasteiger partial charge in [-0.1, -0.05) is 72.8 Å². The fourth-order valence-corrected chi connectivity index (χ4v) is 3.55. The van der Waals surface area contributed by atoms with E-state index in [1.54, 1.807) is 35.1 Å². The number of rotatable bonds is 8. The van der Waals surface area contributed by atoms with Gasteiger partial charge in [0.15, 0.2) is 0 Å². The number of para-hydroxylation sites is 1. The molecule has 3 aromatic carbocycles. The number of primary amides is 1. The summed E-state index contributed by atoms with van der Waals surface area (Å²) in [5, 5.41) is 7.28. The number of Topliss-reactive ketones (excluding diaryl/α,β-unsaturated/α-hetero) is 1. The van der Waals surface area contributed by atoms with Crippen molar-refractivity contribution in [1.82, 2.24) is 15.1 Å². The normalized spacial score (nSPS) is 11.5. The summed E-state index contributed by atoms with van der Waals surface area (Å²) in [6.45, 7) is 0. The molecule has 1 heterocycles. The zero-order valence-corrected chi connectivity index (χ0v) is 17.7. The van der Waals surface area contributed by atoms with Crippen LogP contribution in [0.15, 0.2) is 97.2 Å². The number of amides is 2. The number of aromatic nitrogens is 2. The molecule has 4 aromatic rings. The molecule has 0 fully saturated rings. The first-order chi connectivity index (χ1) is 16.0. The van der Waals surface area contributed by atoms with Gasteiger partial charge in [-0.25, -0.2) is 4.68 Å². The summed E-state index contributed by atoms with van der Waals surface area (Å²) >= 11 is 0. The summed E-state index contributed by atoms with van der Waals surface area (Å²) in [6, 6.07) is 26.5. The van der Waals surface area contributed by atoms with Gasteiger partial charge in [0.25, 0.3) is 11.8 Å². The Hall–Kier alpha value is -4.52. The minimum absolute atomic E-state index is 0.149. The second-order valence-corrected chi connectivity index (χ2v) is 7.47. The highest BCUT2D eigenvalue weighted by atomic mass is 16.2. The summed E-state index contributed by atoms with van der Waals surface area (Å²) in [5.74, 6) is -2.45. The third-order valence-corrected chi connectivity index (χ3v) is 5.20. The zero-order chi connectivity index (χ0) is 23.2. The Morgan fingerprint density at radius 3 is 2.18 bits per heavy atom. The summed E-state index contributed by atoms with van der Waals surface area (Å²) in [4.78, 5) is 37.2. The molecule has 0 radical (unpaired) electrons. The highest BCUT2D eigenvalue weighted by Gasteiger charge is 2.26. The van der Waals surface area contributed by atoms with E-state index in [1.807, 2.05) is 66.7 Å². The van der Waals surface area contributed by atoms with E-state index < -0.39 is 23.6 Å². The Bertz CT molecular complexity index is 1280. The van der Waals surface area contributed by atoms with Gasteiger partial charge in [0.2, 0.25) is 5.78 Å². The van der Waals surface area contributed by atoms with E-state index in [0.29, 0.717) is 11.3 Å². The van der Waals surface area contributed by atoms with Crippen LogP contribution in [0, 0.1) is 0 Å². The lowest BCUT2D eigenvalue weighted by molar-refractivity contribution is -0.137. The molecule has 0 saturated heterocycles. The molecule has 4 rings (SSSR count). The average Bonchev–Trinajstić information content (AvgIpc) is 3.34. The van der Waals surface area contributed by atoms with Crippen LogP contribution in [0.3, 0.4) is 0 Å². The van der Waals surface area contributed by atoms with Crippen molar-refractivity contribution in [2.75, 3.05) is 0 Å². The molecule has 0 aliphatic carbocycles. The number of benzene rings is 3. The molecule has 1 unspecified atom stereocenters. The van der Waals surface area contributed by atoms with Crippen molar-refractivity contribution >= 4 is 17.6 Å². The van der Waals surface area contributed by atoms with Crippen molar-refractivity contribution in [3.8, 4) is 16.9 Å². The molecule has 7 heteroatoms. The molecule has 33 heavy (non-hydrogen) atoms. The number of carbonyl (C=O) groups excluding carboxylic acids is 3. The SMILES string of the molecule is NC(=O)C(=O)C(Cc1ccccc1)NC(=O)c1ccccc1-n1ccc(-c2ccccc2)n1. The second kappa shape index (κ2) is 9.74. The topological polar surface area (TPSA) is 107 Å². The van der Waals surface area contributed by atoms with Crippen molar-refractivity contribution in [1.29, 1.82) is 0 Å². The molecule has 0 aliphatic heterocycles. The zero-order valence-electron chi connectivity index (χ0n) is 17.7. The first kappa shape index (κ1) is 21.7. The maximum Gasteiger partial charge on any atom is 0.287 e. The molecule has 3 N–H and O–H groups in total. The van der Waals surface area contributed by atoms with Gasteiger partial charge < -0.3 is 11.1 Å². The quantitative estimate of drug-likeness (QED) is 0.413. The molecule has 1 aromatic heterocycles. The first-order valence-electron chi connectivity index (χ1n) is 10.4. The molecule has 0 bridgehead atoms. The first-order valence-corrected chi connectivity index (χ1v) is 10.4. The van der Waals surface area contributed by atoms with Crippen LogP contribution in [0.4, 0.5) is 0 Å². The highest BCUT2D eigenvalue weighted by molar-refractivity contribution is 6.38. The summed E-state index contributed by atoms with van der Waals surface area (Å²) in [6.07, 6.45) is 1.92. The van der Waals surface area contributed by atoms with Crippen molar-refractivity contribution in [3.05, 3.63) is 108 Å². The maximum absolute atomic E-state index is 13.2. The molecule has 0 spiro atoms. The molecule has 0 aliphatic rings. The minimum atomic E-state index is -1.09. The number of nitrogens with zero attached hydrogens (tertiary/aromatic N) is 2. The minimum Gasteiger partial charge on any atom is -0.363 e. The standard InChI is InChI=1S/C26H22N4O3/c27-25(32)24(31)22(17-18-9-3-1-4-10-18)28-26(33)20-13-7-8-14-23(20)30-16-15-21(29-30)19-11-5-2-6-12-19/h1-16,22H,17H2,(H2,27,32)(H,28,33). The average molecular weight is 438 g/mol. The van der Waals surface area contributed by atoms with Gasteiger partial charge in [-0.3, -0.25) is 14.4 Å². The fourth-order valence-electron chi connectivity index (χ4n) is 3.55. The van der Waals surface area contributed by atoms with Crippen LogP contribution in [0.5, 0.6) is 0 Å². The number of nitrogens with two attached hydrogens (primary N) is 1. The van der Waals surface area contributed by atoms with E-state index >= 15 is 0 Å². The van der Waals surface area contributed by atoms with Gasteiger partial charge in [-0.05, 0) is 23.8 Å². The van der Waals surface area contributed by atoms with Crippen LogP contribution in [0.25, 0.3) is 16.9 Å². The molecule has 0 saturated carbocycles. The van der Waals surface area contributed by atoms with Gasteiger partial charge in [-0.15, -0.1) is 0 Å². The molecular formula is C26H22N4O3. The lowest BCUT2D eigenvalue weighted by atomic mass is 10.0. The van der Waals surface area contributed by atoms with Crippen molar-refractivity contribution in [2.45, 2.75) is 12.5 Å². The summed E-state index contributed by atoms with van der Waals surface area (Å²) in [5.41, 5.74) is 8.60. The van der Waals surface area contributed by atoms with Crippen LogP contribution < -0.4 is 11.1 Å². The molecular weight excluding hydrogens is 416 g/mol. The van der Waals surface area contributed by atoms with Crippen LogP contribution >= 0.6 is 0 Å². The highest BCUT2D eigenvalue weighted by Crippen LogP contribution is 2.20. The van der Waals surface area contributed by atoms with Gasteiger partial charge >= 0.3 is 0 Å². The Morgan fingerprint density at radius 2 is 1.48 bits per heavy atom. The van der Waals surface area contributed by atoms with Crippen LogP contribution in [-0.2, 0) is 16.0 Å². The number of nitrogens with one attached hydrogen (secondary N) is 1.